The Hall–Kier alpha value is -1.87. The van der Waals surface area contributed by atoms with Crippen LogP contribution in [0.1, 0.15) is 18.0 Å². The van der Waals surface area contributed by atoms with Gasteiger partial charge in [0.15, 0.2) is 0 Å². The Bertz CT molecular complexity index is 519. The van der Waals surface area contributed by atoms with E-state index in [1.54, 1.807) is 0 Å². The second-order valence-corrected chi connectivity index (χ2v) is 5.72. The van der Waals surface area contributed by atoms with Crippen LogP contribution in [0.5, 0.6) is 0 Å². The van der Waals surface area contributed by atoms with Crippen LogP contribution in [0.2, 0.25) is 0 Å². The highest BCUT2D eigenvalue weighted by Gasteiger charge is 2.21. The monoisotopic (exact) mass is 315 g/mol. The van der Waals surface area contributed by atoms with Crippen molar-refractivity contribution in [2.75, 3.05) is 45.9 Å². The zero-order valence-electron chi connectivity index (χ0n) is 13.4. The number of nitrogens with zero attached hydrogens (tertiary/aromatic N) is 2. The Morgan fingerprint density at radius 3 is 2.57 bits per heavy atom. The number of terminal acetylenes is 1. The minimum absolute atomic E-state index is 0.00659. The Kier molecular flexibility index (Phi) is 7.08. The van der Waals surface area contributed by atoms with E-state index in [1.807, 2.05) is 35.2 Å². The van der Waals surface area contributed by atoms with Crippen molar-refractivity contribution in [2.45, 2.75) is 12.5 Å². The smallest absolute Gasteiger partial charge is 0.236 e. The summed E-state index contributed by atoms with van der Waals surface area (Å²) in [5.74, 6) is 2.74. The van der Waals surface area contributed by atoms with Gasteiger partial charge < -0.3 is 15.3 Å². The maximum Gasteiger partial charge on any atom is 0.236 e. The third kappa shape index (κ3) is 5.36. The van der Waals surface area contributed by atoms with Gasteiger partial charge in [-0.25, -0.2) is 0 Å². The Morgan fingerprint density at radius 2 is 1.96 bits per heavy atom. The highest BCUT2D eigenvalue weighted by Crippen LogP contribution is 2.15. The van der Waals surface area contributed by atoms with E-state index in [4.69, 9.17) is 6.42 Å². The van der Waals surface area contributed by atoms with Crippen molar-refractivity contribution in [2.24, 2.45) is 0 Å². The van der Waals surface area contributed by atoms with Gasteiger partial charge in [-0.2, -0.15) is 0 Å². The molecule has 2 N–H and O–H groups in total. The molecule has 23 heavy (non-hydrogen) atoms. The molecule has 124 valence electrons. The first-order chi connectivity index (χ1) is 11.2. The van der Waals surface area contributed by atoms with Crippen LogP contribution in [-0.4, -0.2) is 66.7 Å². The average molecular weight is 315 g/mol. The molecule has 0 radical (unpaired) electrons. The first kappa shape index (κ1) is 17.5. The molecule has 1 aromatic rings. The molecular weight excluding hydrogens is 290 g/mol. The van der Waals surface area contributed by atoms with Gasteiger partial charge in [0.1, 0.15) is 0 Å². The average Bonchev–Trinajstić information content (AvgIpc) is 2.60. The van der Waals surface area contributed by atoms with Crippen molar-refractivity contribution in [3.05, 3.63) is 35.9 Å². The molecule has 5 nitrogen and oxygen atoms in total. The van der Waals surface area contributed by atoms with Crippen molar-refractivity contribution in [3.8, 4) is 12.3 Å². The number of benzene rings is 1. The Balaban J connectivity index is 1.82. The summed E-state index contributed by atoms with van der Waals surface area (Å²) in [5, 5.41) is 12.5. The molecule has 0 aromatic heterocycles. The van der Waals surface area contributed by atoms with E-state index in [-0.39, 0.29) is 25.1 Å². The maximum absolute atomic E-state index is 12.3. The molecule has 1 amide bonds. The van der Waals surface area contributed by atoms with Crippen LogP contribution in [-0.2, 0) is 4.79 Å². The lowest BCUT2D eigenvalue weighted by Crippen LogP contribution is -2.51. The number of carbonyl (C=O) groups is 1. The number of rotatable bonds is 7. The molecule has 0 saturated carbocycles. The molecular formula is C18H25N3O2. The molecule has 1 fully saturated rings. The van der Waals surface area contributed by atoms with Gasteiger partial charge >= 0.3 is 0 Å². The minimum atomic E-state index is -0.00659. The summed E-state index contributed by atoms with van der Waals surface area (Å²) in [4.78, 5) is 16.4. The molecule has 0 bridgehead atoms. The van der Waals surface area contributed by atoms with E-state index in [1.165, 1.54) is 0 Å². The van der Waals surface area contributed by atoms with Crippen molar-refractivity contribution in [1.82, 2.24) is 15.1 Å². The molecule has 1 aromatic carbocycles. The molecule has 1 unspecified atom stereocenters. The highest BCUT2D eigenvalue weighted by atomic mass is 16.3. The van der Waals surface area contributed by atoms with E-state index in [0.717, 1.165) is 31.7 Å². The topological polar surface area (TPSA) is 55.8 Å². The Labute approximate surface area is 138 Å². The number of hydrogen-bond donors (Lipinski definition) is 2. The van der Waals surface area contributed by atoms with Gasteiger partial charge in [0.2, 0.25) is 5.91 Å². The summed E-state index contributed by atoms with van der Waals surface area (Å²) < 4.78 is 0. The summed E-state index contributed by atoms with van der Waals surface area (Å²) in [6, 6.07) is 9.91. The van der Waals surface area contributed by atoms with Crippen LogP contribution >= 0.6 is 0 Å². The van der Waals surface area contributed by atoms with E-state index < -0.39 is 0 Å². The first-order valence-corrected chi connectivity index (χ1v) is 8.07. The number of carbonyl (C=O) groups excluding carboxylic acids is 1. The number of aliphatic hydroxyl groups is 1. The SMILES string of the molecule is C#CCN1CCN(C(=O)CNC(CCO)c2ccccc2)CC1. The summed E-state index contributed by atoms with van der Waals surface area (Å²) in [6.07, 6.45) is 5.91. The molecule has 1 aliphatic heterocycles. The second-order valence-electron chi connectivity index (χ2n) is 5.72. The molecule has 1 atom stereocenters. The van der Waals surface area contributed by atoms with Gasteiger partial charge in [-0.3, -0.25) is 9.69 Å². The molecule has 5 heteroatoms. The number of hydrogen-bond acceptors (Lipinski definition) is 4. The molecule has 1 aliphatic rings. The highest BCUT2D eigenvalue weighted by molar-refractivity contribution is 5.78. The van der Waals surface area contributed by atoms with E-state index in [9.17, 15) is 9.90 Å². The quantitative estimate of drug-likeness (QED) is 0.719. The van der Waals surface area contributed by atoms with Crippen molar-refractivity contribution in [3.63, 3.8) is 0 Å². The van der Waals surface area contributed by atoms with Gasteiger partial charge in [-0.05, 0) is 12.0 Å². The zero-order valence-corrected chi connectivity index (χ0v) is 13.4. The number of amides is 1. The fourth-order valence-electron chi connectivity index (χ4n) is 2.81. The molecule has 0 spiro atoms. The fraction of sp³-hybridized carbons (Fsp3) is 0.500. The molecule has 0 aliphatic carbocycles. The Morgan fingerprint density at radius 1 is 1.26 bits per heavy atom. The van der Waals surface area contributed by atoms with Gasteiger partial charge in [0, 0.05) is 38.8 Å². The van der Waals surface area contributed by atoms with Crippen molar-refractivity contribution < 1.29 is 9.90 Å². The zero-order chi connectivity index (χ0) is 16.5. The van der Waals surface area contributed by atoms with Crippen molar-refractivity contribution >= 4 is 5.91 Å². The molecule has 2 rings (SSSR count). The lowest BCUT2D eigenvalue weighted by molar-refractivity contribution is -0.132. The molecule has 1 saturated heterocycles. The van der Waals surface area contributed by atoms with E-state index in [0.29, 0.717) is 13.0 Å². The van der Waals surface area contributed by atoms with Crippen LogP contribution in [0.25, 0.3) is 0 Å². The van der Waals surface area contributed by atoms with Crippen molar-refractivity contribution in [1.29, 1.82) is 0 Å². The maximum atomic E-state index is 12.3. The summed E-state index contributed by atoms with van der Waals surface area (Å²) in [6.45, 7) is 4.12. The number of nitrogens with one attached hydrogen (secondary N) is 1. The third-order valence-electron chi connectivity index (χ3n) is 4.16. The fourth-order valence-corrected chi connectivity index (χ4v) is 2.81. The van der Waals surface area contributed by atoms with Crippen LogP contribution in [0.4, 0.5) is 0 Å². The summed E-state index contributed by atoms with van der Waals surface area (Å²) >= 11 is 0. The van der Waals surface area contributed by atoms with Crippen LogP contribution < -0.4 is 5.32 Å². The third-order valence-corrected chi connectivity index (χ3v) is 4.16. The van der Waals surface area contributed by atoms with Gasteiger partial charge in [0.25, 0.3) is 0 Å². The van der Waals surface area contributed by atoms with Crippen LogP contribution in [0.15, 0.2) is 30.3 Å². The lowest BCUT2D eigenvalue weighted by atomic mass is 10.0. The first-order valence-electron chi connectivity index (χ1n) is 8.07. The van der Waals surface area contributed by atoms with Gasteiger partial charge in [-0.1, -0.05) is 36.3 Å². The second kappa shape index (κ2) is 9.31. The van der Waals surface area contributed by atoms with Gasteiger partial charge in [0.05, 0.1) is 13.1 Å². The van der Waals surface area contributed by atoms with Crippen LogP contribution in [0.3, 0.4) is 0 Å². The summed E-state index contributed by atoms with van der Waals surface area (Å²) in [7, 11) is 0. The predicted octanol–water partition coefficient (Wildman–Crippen LogP) is 0.477. The minimum Gasteiger partial charge on any atom is -0.396 e. The predicted molar refractivity (Wildman–Crippen MR) is 90.7 cm³/mol. The standard InChI is InChI=1S/C18H25N3O2/c1-2-9-20-10-12-21(13-11-20)18(23)15-19-17(8-14-22)16-6-4-3-5-7-16/h1,3-7,17,19,22H,8-15H2. The normalized spacial score (nSPS) is 16.8. The van der Waals surface area contributed by atoms with Crippen LogP contribution in [0, 0.1) is 12.3 Å². The molecule has 1 heterocycles. The number of piperazine rings is 1. The van der Waals surface area contributed by atoms with E-state index in [2.05, 4.69) is 16.1 Å². The van der Waals surface area contributed by atoms with E-state index >= 15 is 0 Å². The largest absolute Gasteiger partial charge is 0.396 e. The summed E-state index contributed by atoms with van der Waals surface area (Å²) in [5.41, 5.74) is 1.09. The lowest BCUT2D eigenvalue weighted by Gasteiger charge is -2.34. The van der Waals surface area contributed by atoms with Gasteiger partial charge in [-0.15, -0.1) is 6.42 Å². The number of aliphatic hydroxyl groups excluding tert-OH is 1.